The standard InChI is InChI=1S/C31H42N4O6/c1-33-10-8-24(19-29(33)36)27-7-9-32-20-28(27)30(37)35(25-5-6-25)21-23-16-22(4-3-13-39-2)17-26(18-23)41-31(38)34-11-14-40-15-12-34/h8,10,16-19,25,27-28,32H,3-7,9,11-15,20-21H2,1-2H3/t27-,28?/m1/s1. The van der Waals surface area contributed by atoms with Gasteiger partial charge in [-0.1, -0.05) is 6.07 Å². The van der Waals surface area contributed by atoms with Crippen LogP contribution in [0.25, 0.3) is 0 Å². The number of benzene rings is 1. The summed E-state index contributed by atoms with van der Waals surface area (Å²) in [7, 11) is 3.42. The van der Waals surface area contributed by atoms with Crippen LogP contribution in [0.4, 0.5) is 4.79 Å². The van der Waals surface area contributed by atoms with Gasteiger partial charge in [-0.3, -0.25) is 9.59 Å². The maximum absolute atomic E-state index is 14.2. The van der Waals surface area contributed by atoms with Gasteiger partial charge in [-0.2, -0.15) is 0 Å². The van der Waals surface area contributed by atoms with Crippen LogP contribution in [-0.2, 0) is 34.3 Å². The highest BCUT2D eigenvalue weighted by Crippen LogP contribution is 2.36. The number of morpholine rings is 1. The normalized spacial score (nSPS) is 21.0. The lowest BCUT2D eigenvalue weighted by Gasteiger charge is -2.36. The van der Waals surface area contributed by atoms with E-state index in [0.717, 1.165) is 55.3 Å². The first kappa shape index (κ1) is 29.3. The average molecular weight is 567 g/mol. The predicted molar refractivity (Wildman–Crippen MR) is 154 cm³/mol. The Hall–Kier alpha value is -3.21. The molecule has 2 saturated heterocycles. The van der Waals surface area contributed by atoms with E-state index in [-0.39, 0.29) is 35.4 Å². The number of ether oxygens (including phenoxy) is 3. The summed E-state index contributed by atoms with van der Waals surface area (Å²) >= 11 is 0. The number of rotatable bonds is 10. The van der Waals surface area contributed by atoms with Crippen LogP contribution in [0.15, 0.2) is 41.3 Å². The minimum atomic E-state index is -0.381. The van der Waals surface area contributed by atoms with Crippen LogP contribution in [0.5, 0.6) is 5.75 Å². The SMILES string of the molecule is COCCCc1cc(CN(C(=O)C2CNCC[C@@H]2c2ccn(C)c(=O)c2)C2CC2)cc(OC(=O)N2CCOCC2)c1. The van der Waals surface area contributed by atoms with Gasteiger partial charge in [0, 0.05) is 65.2 Å². The lowest BCUT2D eigenvalue weighted by Crippen LogP contribution is -2.47. The van der Waals surface area contributed by atoms with E-state index in [2.05, 4.69) is 11.4 Å². The van der Waals surface area contributed by atoms with Crippen molar-refractivity contribution in [2.75, 3.05) is 53.1 Å². The Bertz CT molecular complexity index is 1270. The van der Waals surface area contributed by atoms with E-state index in [1.807, 2.05) is 23.1 Å². The van der Waals surface area contributed by atoms with Crippen molar-refractivity contribution < 1.29 is 23.8 Å². The maximum atomic E-state index is 14.2. The summed E-state index contributed by atoms with van der Waals surface area (Å²) in [6, 6.07) is 9.76. The molecule has 2 aliphatic heterocycles. The number of aryl methyl sites for hydroxylation is 2. The molecule has 1 aromatic carbocycles. The van der Waals surface area contributed by atoms with E-state index in [1.165, 1.54) is 0 Å². The molecule has 0 bridgehead atoms. The van der Waals surface area contributed by atoms with Crippen LogP contribution in [0.1, 0.15) is 48.3 Å². The van der Waals surface area contributed by atoms with Crippen molar-refractivity contribution in [3.05, 3.63) is 63.6 Å². The summed E-state index contributed by atoms with van der Waals surface area (Å²) in [5.74, 6) is 0.346. The third-order valence-electron chi connectivity index (χ3n) is 8.29. The molecule has 1 aliphatic carbocycles. The fourth-order valence-electron chi connectivity index (χ4n) is 5.85. The van der Waals surface area contributed by atoms with Crippen LogP contribution in [0.2, 0.25) is 0 Å². The highest BCUT2D eigenvalue weighted by molar-refractivity contribution is 5.81. The lowest BCUT2D eigenvalue weighted by atomic mass is 9.80. The van der Waals surface area contributed by atoms with Crippen molar-refractivity contribution in [3.63, 3.8) is 0 Å². The Kier molecular flexibility index (Phi) is 9.74. The van der Waals surface area contributed by atoms with Gasteiger partial charge in [-0.25, -0.2) is 4.79 Å². The van der Waals surface area contributed by atoms with Gasteiger partial charge in [0.15, 0.2) is 0 Å². The van der Waals surface area contributed by atoms with Gasteiger partial charge in [-0.05, 0) is 79.5 Å². The predicted octanol–water partition coefficient (Wildman–Crippen LogP) is 2.68. The van der Waals surface area contributed by atoms with Crippen molar-refractivity contribution in [1.29, 1.82) is 0 Å². The second-order valence-electron chi connectivity index (χ2n) is 11.4. The molecule has 3 fully saturated rings. The molecule has 0 spiro atoms. The summed E-state index contributed by atoms with van der Waals surface area (Å²) in [5, 5.41) is 3.41. The van der Waals surface area contributed by atoms with Gasteiger partial charge in [0.05, 0.1) is 19.1 Å². The Labute approximate surface area is 241 Å². The molecule has 10 heteroatoms. The van der Waals surface area contributed by atoms with Gasteiger partial charge in [0.25, 0.3) is 5.56 Å². The number of carbonyl (C=O) groups excluding carboxylic acids is 2. The monoisotopic (exact) mass is 566 g/mol. The van der Waals surface area contributed by atoms with Gasteiger partial charge in [-0.15, -0.1) is 0 Å². The first-order valence-corrected chi connectivity index (χ1v) is 14.8. The number of carbonyl (C=O) groups is 2. The molecule has 2 aromatic rings. The molecule has 2 amide bonds. The molecular formula is C31H42N4O6. The first-order valence-electron chi connectivity index (χ1n) is 14.8. The minimum absolute atomic E-state index is 0.00989. The smallest absolute Gasteiger partial charge is 0.410 e. The van der Waals surface area contributed by atoms with Crippen LogP contribution in [-0.4, -0.2) is 85.5 Å². The zero-order valence-corrected chi connectivity index (χ0v) is 24.2. The van der Waals surface area contributed by atoms with Gasteiger partial charge in [0.1, 0.15) is 5.75 Å². The molecule has 0 radical (unpaired) electrons. The zero-order valence-electron chi connectivity index (χ0n) is 24.2. The van der Waals surface area contributed by atoms with E-state index in [4.69, 9.17) is 14.2 Å². The largest absolute Gasteiger partial charge is 0.415 e. The summed E-state index contributed by atoms with van der Waals surface area (Å²) in [4.78, 5) is 43.1. The molecule has 1 saturated carbocycles. The molecule has 41 heavy (non-hydrogen) atoms. The number of hydrogen-bond acceptors (Lipinski definition) is 7. The van der Waals surface area contributed by atoms with Gasteiger partial charge in [0.2, 0.25) is 5.91 Å². The van der Waals surface area contributed by atoms with Gasteiger partial charge >= 0.3 is 6.09 Å². The zero-order chi connectivity index (χ0) is 28.8. The Morgan fingerprint density at radius 1 is 1.10 bits per heavy atom. The maximum Gasteiger partial charge on any atom is 0.415 e. The van der Waals surface area contributed by atoms with Crippen LogP contribution >= 0.6 is 0 Å². The third-order valence-corrected chi connectivity index (χ3v) is 8.29. The number of aromatic nitrogens is 1. The fourth-order valence-corrected chi connectivity index (χ4v) is 5.85. The highest BCUT2D eigenvalue weighted by atomic mass is 16.6. The Balaban J connectivity index is 1.37. The average Bonchev–Trinajstić information content (AvgIpc) is 3.83. The lowest BCUT2D eigenvalue weighted by molar-refractivity contribution is -0.138. The van der Waals surface area contributed by atoms with Crippen molar-refractivity contribution in [1.82, 2.24) is 19.7 Å². The van der Waals surface area contributed by atoms with Crippen molar-refractivity contribution >= 4 is 12.0 Å². The number of nitrogens with zero attached hydrogens (tertiary/aromatic N) is 3. The number of methoxy groups -OCH3 is 1. The number of hydrogen-bond donors (Lipinski definition) is 1. The number of amides is 2. The van der Waals surface area contributed by atoms with E-state index in [0.29, 0.717) is 51.7 Å². The molecule has 5 rings (SSSR count). The summed E-state index contributed by atoms with van der Waals surface area (Å²) in [6.07, 6.45) is 5.79. The van der Waals surface area contributed by atoms with E-state index < -0.39 is 0 Å². The van der Waals surface area contributed by atoms with Crippen LogP contribution in [0, 0.1) is 5.92 Å². The second kappa shape index (κ2) is 13.6. The second-order valence-corrected chi connectivity index (χ2v) is 11.4. The topological polar surface area (TPSA) is 102 Å². The van der Waals surface area contributed by atoms with Crippen molar-refractivity contribution in [3.8, 4) is 5.75 Å². The highest BCUT2D eigenvalue weighted by Gasteiger charge is 2.40. The first-order chi connectivity index (χ1) is 19.9. The van der Waals surface area contributed by atoms with E-state index in [1.54, 1.807) is 35.9 Å². The molecule has 1 unspecified atom stereocenters. The Morgan fingerprint density at radius 2 is 1.88 bits per heavy atom. The number of pyridine rings is 1. The van der Waals surface area contributed by atoms with Gasteiger partial charge < -0.3 is 33.9 Å². The van der Waals surface area contributed by atoms with E-state index in [9.17, 15) is 14.4 Å². The van der Waals surface area contributed by atoms with Crippen LogP contribution in [0.3, 0.4) is 0 Å². The minimum Gasteiger partial charge on any atom is -0.410 e. The fraction of sp³-hybridized carbons (Fsp3) is 0.581. The molecule has 3 aliphatic rings. The van der Waals surface area contributed by atoms with Crippen molar-refractivity contribution in [2.24, 2.45) is 13.0 Å². The molecule has 2 atom stereocenters. The third kappa shape index (κ3) is 7.55. The van der Waals surface area contributed by atoms with E-state index >= 15 is 0 Å². The molecule has 1 aromatic heterocycles. The summed E-state index contributed by atoms with van der Waals surface area (Å²) in [6.45, 7) is 4.51. The van der Waals surface area contributed by atoms with Crippen LogP contribution < -0.4 is 15.6 Å². The molecular weight excluding hydrogens is 524 g/mol. The quantitative estimate of drug-likeness (QED) is 0.441. The number of piperidine rings is 1. The molecule has 10 nitrogen and oxygen atoms in total. The molecule has 222 valence electrons. The molecule has 1 N–H and O–H groups in total. The van der Waals surface area contributed by atoms with Crippen molar-refractivity contribution in [2.45, 2.75) is 50.6 Å². The molecule has 3 heterocycles. The Morgan fingerprint density at radius 3 is 2.61 bits per heavy atom. The summed E-state index contributed by atoms with van der Waals surface area (Å²) < 4.78 is 18.0. The number of nitrogens with one attached hydrogen (secondary N) is 1. The summed E-state index contributed by atoms with van der Waals surface area (Å²) in [5.41, 5.74) is 2.86.